The fraction of sp³-hybridized carbons (Fsp3) is 0.423. The number of hydrogen-bond acceptors (Lipinski definition) is 6. The summed E-state index contributed by atoms with van der Waals surface area (Å²) in [6.07, 6.45) is 1.34. The lowest BCUT2D eigenvalue weighted by atomic mass is 9.70. The Morgan fingerprint density at radius 3 is 2.83 bits per heavy atom. The largest absolute Gasteiger partial charge is 0.366 e. The average molecular weight is 489 g/mol. The van der Waals surface area contributed by atoms with E-state index in [2.05, 4.69) is 20.4 Å². The molecule has 186 valence electrons. The highest BCUT2D eigenvalue weighted by atomic mass is 16.6. The van der Waals surface area contributed by atoms with Crippen LogP contribution in [0, 0.1) is 35.8 Å². The zero-order chi connectivity index (χ0) is 25.1. The zero-order valence-electron chi connectivity index (χ0n) is 20.2. The van der Waals surface area contributed by atoms with Crippen LogP contribution in [0.25, 0.3) is 0 Å². The van der Waals surface area contributed by atoms with E-state index in [0.29, 0.717) is 26.1 Å². The van der Waals surface area contributed by atoms with Gasteiger partial charge in [-0.3, -0.25) is 24.8 Å². The summed E-state index contributed by atoms with van der Waals surface area (Å²) in [5, 5.41) is 21.8. The molecule has 1 amide bonds. The molecule has 2 N–H and O–H groups in total. The molecule has 10 nitrogen and oxygen atoms in total. The molecule has 10 heteroatoms. The van der Waals surface area contributed by atoms with Crippen molar-refractivity contribution in [2.24, 2.45) is 11.8 Å². The lowest BCUT2D eigenvalue weighted by molar-refractivity contribution is -0.384. The third-order valence-corrected chi connectivity index (χ3v) is 8.26. The summed E-state index contributed by atoms with van der Waals surface area (Å²) in [6.45, 7) is 5.43. The monoisotopic (exact) mass is 488 g/mol. The lowest BCUT2D eigenvalue weighted by Gasteiger charge is -2.54. The summed E-state index contributed by atoms with van der Waals surface area (Å²) in [7, 11) is 0. The quantitative estimate of drug-likeness (QED) is 0.429. The SMILES string of the molecule is Cc1n[nH]c(C)c1CNC(=O)[C@@H]1Cc2cc([N+](=O)[O-])ccc2N2CC3CC(Cn4c3cccc4=O)[C@@H]12. The Morgan fingerprint density at radius 1 is 1.25 bits per heavy atom. The van der Waals surface area contributed by atoms with Crippen LogP contribution in [0.15, 0.2) is 41.2 Å². The summed E-state index contributed by atoms with van der Waals surface area (Å²) < 4.78 is 1.87. The Morgan fingerprint density at radius 2 is 2.08 bits per heavy atom. The Labute approximate surface area is 207 Å². The van der Waals surface area contributed by atoms with Crippen LogP contribution in [0.3, 0.4) is 0 Å². The van der Waals surface area contributed by atoms with E-state index < -0.39 is 0 Å². The molecule has 2 unspecified atom stereocenters. The number of hydrogen-bond donors (Lipinski definition) is 2. The van der Waals surface area contributed by atoms with Gasteiger partial charge in [-0.25, -0.2) is 0 Å². The number of carbonyl (C=O) groups is 1. The molecular formula is C26H28N6O4. The number of H-pyrrole nitrogens is 1. The molecule has 3 aromatic rings. The number of anilines is 1. The van der Waals surface area contributed by atoms with Gasteiger partial charge in [0.15, 0.2) is 0 Å². The summed E-state index contributed by atoms with van der Waals surface area (Å²) in [6, 6.07) is 10.3. The highest BCUT2D eigenvalue weighted by Crippen LogP contribution is 2.47. The maximum absolute atomic E-state index is 13.7. The maximum Gasteiger partial charge on any atom is 0.269 e. The van der Waals surface area contributed by atoms with E-state index in [1.54, 1.807) is 18.2 Å². The van der Waals surface area contributed by atoms with Crippen LogP contribution in [0.5, 0.6) is 0 Å². The van der Waals surface area contributed by atoms with Crippen molar-refractivity contribution < 1.29 is 9.72 Å². The number of amides is 1. The summed E-state index contributed by atoms with van der Waals surface area (Å²) >= 11 is 0. The number of piperidine rings is 1. The van der Waals surface area contributed by atoms with Gasteiger partial charge in [0.25, 0.3) is 11.2 Å². The number of fused-ring (bicyclic) bond motifs is 8. The third-order valence-electron chi connectivity index (χ3n) is 8.26. The molecule has 3 aliphatic heterocycles. The summed E-state index contributed by atoms with van der Waals surface area (Å²) in [5.41, 5.74) is 5.57. The van der Waals surface area contributed by atoms with Gasteiger partial charge in [-0.1, -0.05) is 6.07 Å². The number of nitro benzene ring substituents is 1. The fourth-order valence-corrected chi connectivity index (χ4v) is 6.59. The first-order valence-corrected chi connectivity index (χ1v) is 12.3. The van der Waals surface area contributed by atoms with E-state index in [0.717, 1.165) is 40.3 Å². The van der Waals surface area contributed by atoms with Crippen molar-refractivity contribution in [3.8, 4) is 0 Å². The molecular weight excluding hydrogens is 460 g/mol. The van der Waals surface area contributed by atoms with Crippen LogP contribution in [0.2, 0.25) is 0 Å². The molecule has 1 aromatic carbocycles. The smallest absolute Gasteiger partial charge is 0.269 e. The Hall–Kier alpha value is -3.95. The highest BCUT2D eigenvalue weighted by Gasteiger charge is 2.49. The Kier molecular flexibility index (Phi) is 5.20. The van der Waals surface area contributed by atoms with Crippen molar-refractivity contribution in [1.29, 1.82) is 0 Å². The van der Waals surface area contributed by atoms with E-state index in [-0.39, 0.29) is 45.9 Å². The highest BCUT2D eigenvalue weighted by molar-refractivity contribution is 5.82. The number of nitrogens with one attached hydrogen (secondary N) is 2. The van der Waals surface area contributed by atoms with Crippen molar-refractivity contribution in [2.75, 3.05) is 11.4 Å². The first-order valence-electron chi connectivity index (χ1n) is 12.3. The number of nitrogens with zero attached hydrogens (tertiary/aromatic N) is 4. The van der Waals surface area contributed by atoms with Gasteiger partial charge in [-0.05, 0) is 50.3 Å². The number of aromatic amines is 1. The lowest BCUT2D eigenvalue weighted by Crippen LogP contribution is -2.61. The number of rotatable bonds is 4. The molecule has 1 saturated heterocycles. The maximum atomic E-state index is 13.7. The standard InChI is InChI=1S/C26H28N6O4/c1-14-21(15(2)29-28-14)11-27-26(34)20-10-16-9-19(32(35)36)6-7-23(16)31-12-17-8-18(25(20)31)13-30-22(17)4-3-5-24(30)33/h3-7,9,17-18,20,25H,8,10-13H2,1-2H3,(H,27,34)(H,28,29)/t17?,18?,20-,25+/m1/s1. The number of aromatic nitrogens is 3. The first-order chi connectivity index (χ1) is 17.3. The predicted molar refractivity (Wildman–Crippen MR) is 133 cm³/mol. The first kappa shape index (κ1) is 22.5. The van der Waals surface area contributed by atoms with Gasteiger partial charge in [0.2, 0.25) is 5.91 Å². The van der Waals surface area contributed by atoms with Crippen LogP contribution < -0.4 is 15.8 Å². The fourth-order valence-electron chi connectivity index (χ4n) is 6.59. The molecule has 4 atom stereocenters. The molecule has 6 rings (SSSR count). The van der Waals surface area contributed by atoms with Crippen molar-refractivity contribution in [1.82, 2.24) is 20.1 Å². The van der Waals surface area contributed by atoms with Gasteiger partial charge in [-0.2, -0.15) is 5.10 Å². The van der Waals surface area contributed by atoms with E-state index >= 15 is 0 Å². The van der Waals surface area contributed by atoms with Crippen molar-refractivity contribution in [2.45, 2.75) is 51.7 Å². The van der Waals surface area contributed by atoms with E-state index in [1.807, 2.05) is 36.6 Å². The molecule has 0 aliphatic carbocycles. The number of aryl methyl sites for hydroxylation is 2. The van der Waals surface area contributed by atoms with Crippen LogP contribution >= 0.6 is 0 Å². The second-order valence-electron chi connectivity index (χ2n) is 10.2. The van der Waals surface area contributed by atoms with Crippen LogP contribution in [-0.2, 0) is 24.3 Å². The number of pyridine rings is 1. The van der Waals surface area contributed by atoms with Crippen LogP contribution in [-0.4, -0.2) is 38.2 Å². The van der Waals surface area contributed by atoms with Crippen LogP contribution in [0.1, 0.15) is 40.5 Å². The molecule has 3 aliphatic rings. The predicted octanol–water partition coefficient (Wildman–Crippen LogP) is 2.58. The minimum Gasteiger partial charge on any atom is -0.366 e. The molecule has 0 saturated carbocycles. The number of nitro groups is 1. The molecule has 1 fully saturated rings. The number of carbonyl (C=O) groups excluding carboxylic acids is 1. The van der Waals surface area contributed by atoms with Gasteiger partial charge in [0.05, 0.1) is 16.5 Å². The average Bonchev–Trinajstić information content (AvgIpc) is 3.19. The minimum absolute atomic E-state index is 0.00519. The molecule has 0 radical (unpaired) electrons. The molecule has 5 heterocycles. The topological polar surface area (TPSA) is 126 Å². The van der Waals surface area contributed by atoms with Gasteiger partial charge >= 0.3 is 0 Å². The molecule has 2 aromatic heterocycles. The number of benzene rings is 1. The van der Waals surface area contributed by atoms with Crippen molar-refractivity contribution in [3.63, 3.8) is 0 Å². The second-order valence-corrected chi connectivity index (χ2v) is 10.2. The molecule has 2 bridgehead atoms. The third kappa shape index (κ3) is 3.51. The van der Waals surface area contributed by atoms with Gasteiger partial charge in [0, 0.05) is 72.4 Å². The normalized spacial score (nSPS) is 23.9. The van der Waals surface area contributed by atoms with Gasteiger partial charge in [-0.15, -0.1) is 0 Å². The zero-order valence-corrected chi connectivity index (χ0v) is 20.2. The van der Waals surface area contributed by atoms with E-state index in [1.165, 1.54) is 0 Å². The minimum atomic E-state index is -0.390. The summed E-state index contributed by atoms with van der Waals surface area (Å²) in [4.78, 5) is 39.7. The summed E-state index contributed by atoms with van der Waals surface area (Å²) in [5.74, 6) is -0.187. The van der Waals surface area contributed by atoms with E-state index in [4.69, 9.17) is 0 Å². The Bertz CT molecular complexity index is 1420. The number of non-ortho nitro benzene ring substituents is 1. The second kappa shape index (κ2) is 8.32. The van der Waals surface area contributed by atoms with Crippen molar-refractivity contribution >= 4 is 17.3 Å². The molecule has 0 spiro atoms. The van der Waals surface area contributed by atoms with Gasteiger partial charge in [0.1, 0.15) is 0 Å². The Balaban J connectivity index is 1.38. The van der Waals surface area contributed by atoms with Crippen LogP contribution in [0.4, 0.5) is 11.4 Å². The van der Waals surface area contributed by atoms with Gasteiger partial charge < -0.3 is 14.8 Å². The van der Waals surface area contributed by atoms with Crippen molar-refractivity contribution in [3.05, 3.63) is 85.1 Å². The van der Waals surface area contributed by atoms with E-state index in [9.17, 15) is 19.7 Å². The molecule has 36 heavy (non-hydrogen) atoms.